The Labute approximate surface area is 134 Å². The number of hydrogen-bond acceptors (Lipinski definition) is 2. The Hall–Kier alpha value is -1.80. The van der Waals surface area contributed by atoms with Gasteiger partial charge in [-0.3, -0.25) is 0 Å². The fourth-order valence-corrected chi connectivity index (χ4v) is 3.12. The van der Waals surface area contributed by atoms with Crippen LogP contribution in [0.3, 0.4) is 0 Å². The third-order valence-electron chi connectivity index (χ3n) is 4.54. The SMILES string of the molecule is CC(C)(C)C1CN(Cc2ccccc2)c2ccccc2CN1. The first-order valence-electron chi connectivity index (χ1n) is 8.14. The summed E-state index contributed by atoms with van der Waals surface area (Å²) in [5, 5.41) is 3.75. The van der Waals surface area contributed by atoms with Gasteiger partial charge in [-0.1, -0.05) is 69.3 Å². The molecule has 0 aliphatic carbocycles. The van der Waals surface area contributed by atoms with E-state index < -0.39 is 0 Å². The number of para-hydroxylation sites is 1. The van der Waals surface area contributed by atoms with Gasteiger partial charge in [0.05, 0.1) is 0 Å². The van der Waals surface area contributed by atoms with Gasteiger partial charge >= 0.3 is 0 Å². The van der Waals surface area contributed by atoms with Crippen LogP contribution in [0.15, 0.2) is 54.6 Å². The van der Waals surface area contributed by atoms with Crippen LogP contribution in [-0.4, -0.2) is 12.6 Å². The Morgan fingerprint density at radius 3 is 2.41 bits per heavy atom. The van der Waals surface area contributed by atoms with Gasteiger partial charge in [-0.2, -0.15) is 0 Å². The number of rotatable bonds is 2. The summed E-state index contributed by atoms with van der Waals surface area (Å²) in [5.41, 5.74) is 4.37. The van der Waals surface area contributed by atoms with Gasteiger partial charge in [0.1, 0.15) is 0 Å². The second kappa shape index (κ2) is 6.13. The van der Waals surface area contributed by atoms with E-state index in [0.29, 0.717) is 6.04 Å². The molecule has 2 nitrogen and oxygen atoms in total. The van der Waals surface area contributed by atoms with Crippen LogP contribution in [0.1, 0.15) is 31.9 Å². The summed E-state index contributed by atoms with van der Waals surface area (Å²) in [5.74, 6) is 0. The molecule has 3 rings (SSSR count). The first-order valence-corrected chi connectivity index (χ1v) is 8.14. The quantitative estimate of drug-likeness (QED) is 0.892. The third-order valence-corrected chi connectivity index (χ3v) is 4.54. The summed E-state index contributed by atoms with van der Waals surface area (Å²) >= 11 is 0. The van der Waals surface area contributed by atoms with Crippen molar-refractivity contribution in [3.05, 3.63) is 65.7 Å². The van der Waals surface area contributed by atoms with Gasteiger partial charge in [0.15, 0.2) is 0 Å². The molecule has 0 spiro atoms. The lowest BCUT2D eigenvalue weighted by Gasteiger charge is -2.35. The van der Waals surface area contributed by atoms with Gasteiger partial charge in [-0.05, 0) is 22.6 Å². The van der Waals surface area contributed by atoms with E-state index in [0.717, 1.165) is 19.6 Å². The summed E-state index contributed by atoms with van der Waals surface area (Å²) in [7, 11) is 0. The molecule has 1 unspecified atom stereocenters. The van der Waals surface area contributed by atoms with Gasteiger partial charge < -0.3 is 10.2 Å². The number of anilines is 1. The first-order chi connectivity index (χ1) is 10.5. The number of fused-ring (bicyclic) bond motifs is 1. The van der Waals surface area contributed by atoms with Crippen LogP contribution < -0.4 is 10.2 Å². The van der Waals surface area contributed by atoms with E-state index in [-0.39, 0.29) is 5.41 Å². The minimum Gasteiger partial charge on any atom is -0.365 e. The van der Waals surface area contributed by atoms with Crippen molar-refractivity contribution in [2.75, 3.05) is 11.4 Å². The van der Waals surface area contributed by atoms with Crippen molar-refractivity contribution >= 4 is 5.69 Å². The predicted molar refractivity (Wildman–Crippen MR) is 94.0 cm³/mol. The fourth-order valence-electron chi connectivity index (χ4n) is 3.12. The van der Waals surface area contributed by atoms with Crippen LogP contribution in [0.2, 0.25) is 0 Å². The Morgan fingerprint density at radius 1 is 1.00 bits per heavy atom. The summed E-state index contributed by atoms with van der Waals surface area (Å²) in [6.07, 6.45) is 0. The highest BCUT2D eigenvalue weighted by Gasteiger charge is 2.29. The molecule has 0 fully saturated rings. The molecule has 2 heteroatoms. The van der Waals surface area contributed by atoms with Crippen molar-refractivity contribution in [2.45, 2.75) is 39.9 Å². The topological polar surface area (TPSA) is 15.3 Å². The summed E-state index contributed by atoms with van der Waals surface area (Å²) in [6.45, 7) is 9.91. The van der Waals surface area contributed by atoms with E-state index in [1.165, 1.54) is 16.8 Å². The smallest absolute Gasteiger partial charge is 0.0430 e. The molecule has 1 atom stereocenters. The number of nitrogens with zero attached hydrogens (tertiary/aromatic N) is 1. The third kappa shape index (κ3) is 3.33. The molecule has 22 heavy (non-hydrogen) atoms. The predicted octanol–water partition coefficient (Wildman–Crippen LogP) is 4.21. The molecule has 1 N–H and O–H groups in total. The fraction of sp³-hybridized carbons (Fsp3) is 0.400. The highest BCUT2D eigenvalue weighted by atomic mass is 15.2. The monoisotopic (exact) mass is 294 g/mol. The van der Waals surface area contributed by atoms with Crippen molar-refractivity contribution in [1.82, 2.24) is 5.32 Å². The van der Waals surface area contributed by atoms with E-state index in [1.807, 2.05) is 0 Å². The zero-order chi connectivity index (χ0) is 15.6. The molecule has 116 valence electrons. The van der Waals surface area contributed by atoms with Crippen molar-refractivity contribution in [3.63, 3.8) is 0 Å². The van der Waals surface area contributed by atoms with Crippen molar-refractivity contribution < 1.29 is 0 Å². The second-order valence-corrected chi connectivity index (χ2v) is 7.29. The normalized spacial score (nSPS) is 18.7. The summed E-state index contributed by atoms with van der Waals surface area (Å²) in [6, 6.07) is 20.0. The highest BCUT2D eigenvalue weighted by molar-refractivity contribution is 5.55. The number of nitrogens with one attached hydrogen (secondary N) is 1. The average molecular weight is 294 g/mol. The molecule has 0 radical (unpaired) electrons. The molecule has 1 aliphatic rings. The average Bonchev–Trinajstić information content (AvgIpc) is 2.68. The van der Waals surface area contributed by atoms with Crippen LogP contribution in [0.25, 0.3) is 0 Å². The van der Waals surface area contributed by atoms with E-state index in [4.69, 9.17) is 0 Å². The lowest BCUT2D eigenvalue weighted by atomic mass is 9.86. The van der Waals surface area contributed by atoms with Crippen molar-refractivity contribution in [2.24, 2.45) is 5.41 Å². The zero-order valence-corrected chi connectivity index (χ0v) is 13.8. The molecular formula is C20H26N2. The summed E-state index contributed by atoms with van der Waals surface area (Å²) in [4.78, 5) is 2.53. The van der Waals surface area contributed by atoms with Gasteiger partial charge in [0.25, 0.3) is 0 Å². The van der Waals surface area contributed by atoms with E-state index in [9.17, 15) is 0 Å². The lowest BCUT2D eigenvalue weighted by molar-refractivity contribution is 0.271. The number of benzene rings is 2. The molecular weight excluding hydrogens is 268 g/mol. The molecule has 0 saturated carbocycles. The molecule has 0 bridgehead atoms. The Kier molecular flexibility index (Phi) is 4.21. The van der Waals surface area contributed by atoms with E-state index in [1.54, 1.807) is 0 Å². The number of hydrogen-bond donors (Lipinski definition) is 1. The van der Waals surface area contributed by atoms with Crippen molar-refractivity contribution in [3.8, 4) is 0 Å². The molecule has 0 amide bonds. The van der Waals surface area contributed by atoms with Crippen LogP contribution in [0.5, 0.6) is 0 Å². The second-order valence-electron chi connectivity index (χ2n) is 7.29. The molecule has 1 aliphatic heterocycles. The first kappa shape index (κ1) is 15.1. The molecule has 0 saturated heterocycles. The van der Waals surface area contributed by atoms with Crippen LogP contribution in [0, 0.1) is 5.41 Å². The molecule has 0 aromatic heterocycles. The van der Waals surface area contributed by atoms with Gasteiger partial charge in [-0.25, -0.2) is 0 Å². The Balaban J connectivity index is 1.92. The summed E-state index contributed by atoms with van der Waals surface area (Å²) < 4.78 is 0. The van der Waals surface area contributed by atoms with Gasteiger partial charge in [0.2, 0.25) is 0 Å². The molecule has 1 heterocycles. The minimum atomic E-state index is 0.247. The maximum absolute atomic E-state index is 3.75. The maximum Gasteiger partial charge on any atom is 0.0430 e. The van der Waals surface area contributed by atoms with Gasteiger partial charge in [0, 0.05) is 31.4 Å². The standard InChI is InChI=1S/C20H26N2/c1-20(2,3)19-15-22(14-16-9-5-4-6-10-16)18-12-8-7-11-17(18)13-21-19/h4-12,19,21H,13-15H2,1-3H3. The molecule has 2 aromatic rings. The Morgan fingerprint density at radius 2 is 1.68 bits per heavy atom. The van der Waals surface area contributed by atoms with E-state index in [2.05, 4.69) is 85.6 Å². The Bertz CT molecular complexity index is 613. The van der Waals surface area contributed by atoms with E-state index >= 15 is 0 Å². The van der Waals surface area contributed by atoms with Crippen LogP contribution in [-0.2, 0) is 13.1 Å². The molecule has 2 aromatic carbocycles. The van der Waals surface area contributed by atoms with Crippen LogP contribution >= 0.6 is 0 Å². The lowest BCUT2D eigenvalue weighted by Crippen LogP contribution is -2.46. The highest BCUT2D eigenvalue weighted by Crippen LogP contribution is 2.29. The minimum absolute atomic E-state index is 0.247. The maximum atomic E-state index is 3.75. The van der Waals surface area contributed by atoms with Gasteiger partial charge in [-0.15, -0.1) is 0 Å². The largest absolute Gasteiger partial charge is 0.365 e. The zero-order valence-electron chi connectivity index (χ0n) is 13.8. The van der Waals surface area contributed by atoms with Crippen LogP contribution in [0.4, 0.5) is 5.69 Å². The van der Waals surface area contributed by atoms with Crippen molar-refractivity contribution in [1.29, 1.82) is 0 Å².